The van der Waals surface area contributed by atoms with Crippen molar-refractivity contribution in [2.24, 2.45) is 0 Å². The lowest BCUT2D eigenvalue weighted by molar-refractivity contribution is 0.137. The molecule has 3 nitrogen and oxygen atoms in total. The minimum absolute atomic E-state index is 1.00. The third-order valence-corrected chi connectivity index (χ3v) is 1.57. The number of hydrogen-bond acceptors (Lipinski definition) is 1. The predicted molar refractivity (Wildman–Crippen MR) is 52.1 cm³/mol. The molecule has 4 heteroatoms. The highest BCUT2D eigenvalue weighted by Gasteiger charge is 2.06. The molecule has 0 spiro atoms. The summed E-state index contributed by atoms with van der Waals surface area (Å²) in [6.45, 7) is 8.87. The Bertz CT molecular complexity index is 179. The van der Waals surface area contributed by atoms with Crippen molar-refractivity contribution in [3.05, 3.63) is 0 Å². The van der Waals surface area contributed by atoms with Crippen LogP contribution in [0.5, 0.6) is 0 Å². The van der Waals surface area contributed by atoms with E-state index in [9.17, 15) is 0 Å². The van der Waals surface area contributed by atoms with E-state index in [0.29, 0.717) is 0 Å². The van der Waals surface area contributed by atoms with Gasteiger partial charge < -0.3 is 10.2 Å². The van der Waals surface area contributed by atoms with Gasteiger partial charge >= 0.3 is 6.16 Å². The molecule has 0 atom stereocenters. The summed E-state index contributed by atoms with van der Waals surface area (Å²) < 4.78 is 0. The summed E-state index contributed by atoms with van der Waals surface area (Å²) in [5, 5.41) is 13.9. The highest BCUT2D eigenvalue weighted by molar-refractivity contribution is 6.83. The molecule has 0 radical (unpaired) electrons. The fourth-order valence-electron chi connectivity index (χ4n) is 0.354. The molecule has 0 aliphatic heterocycles. The molecule has 0 amide bonds. The fraction of sp³-hybridized carbons (Fsp3) is 0.625. The Morgan fingerprint density at radius 1 is 1.33 bits per heavy atom. The van der Waals surface area contributed by atoms with E-state index in [4.69, 9.17) is 15.0 Å². The van der Waals surface area contributed by atoms with Crippen molar-refractivity contribution < 1.29 is 15.0 Å². The van der Waals surface area contributed by atoms with Gasteiger partial charge in [-0.3, -0.25) is 0 Å². The molecule has 0 bridgehead atoms. The normalized spacial score (nSPS) is 8.67. The lowest BCUT2D eigenvalue weighted by Crippen LogP contribution is -2.16. The largest absolute Gasteiger partial charge is 0.503 e. The summed E-state index contributed by atoms with van der Waals surface area (Å²) in [6.07, 6.45) is -0.829. The van der Waals surface area contributed by atoms with Gasteiger partial charge in [-0.05, 0) is 0 Å². The second-order valence-corrected chi connectivity index (χ2v) is 7.94. The van der Waals surface area contributed by atoms with Gasteiger partial charge in [0.05, 0.1) is 0 Å². The molecule has 0 aliphatic rings. The molecule has 0 saturated carbocycles. The molecule has 0 aromatic rings. The molecule has 0 aromatic carbocycles. The maximum Gasteiger partial charge on any atom is 0.503 e. The Morgan fingerprint density at radius 3 is 1.75 bits per heavy atom. The van der Waals surface area contributed by atoms with E-state index < -0.39 is 14.2 Å². The number of carboxylic acid groups (broad SMARTS) is 2. The van der Waals surface area contributed by atoms with Crippen molar-refractivity contribution in [1.82, 2.24) is 0 Å². The first kappa shape index (κ1) is 13.6. The van der Waals surface area contributed by atoms with Crippen LogP contribution in [0.15, 0.2) is 0 Å². The molecular formula is C8H16O3Si. The fourth-order valence-corrected chi connectivity index (χ4v) is 1.06. The molecule has 0 aromatic heterocycles. The van der Waals surface area contributed by atoms with Crippen LogP contribution in [-0.4, -0.2) is 24.4 Å². The van der Waals surface area contributed by atoms with Gasteiger partial charge in [-0.25, -0.2) is 4.79 Å². The molecule has 0 heterocycles. The second-order valence-electron chi connectivity index (χ2n) is 3.19. The van der Waals surface area contributed by atoms with Crippen LogP contribution in [0.4, 0.5) is 4.79 Å². The topological polar surface area (TPSA) is 57.5 Å². The van der Waals surface area contributed by atoms with Crippen LogP contribution in [0.2, 0.25) is 19.6 Å². The first-order valence-electron chi connectivity index (χ1n) is 3.71. The SMILES string of the molecule is CCC#C[Si](C)(C)C.O=C(O)O. The highest BCUT2D eigenvalue weighted by Crippen LogP contribution is 1.95. The Kier molecular flexibility index (Phi) is 7.65. The predicted octanol–water partition coefficient (Wildman–Crippen LogP) is 2.50. The van der Waals surface area contributed by atoms with Gasteiger partial charge in [0, 0.05) is 6.42 Å². The third kappa shape index (κ3) is 35.8. The number of hydrogen-bond donors (Lipinski definition) is 2. The van der Waals surface area contributed by atoms with E-state index in [1.807, 2.05) is 0 Å². The van der Waals surface area contributed by atoms with Crippen molar-refractivity contribution in [3.8, 4) is 11.5 Å². The maximum absolute atomic E-state index is 8.56. The zero-order chi connectivity index (χ0) is 10.2. The van der Waals surface area contributed by atoms with Gasteiger partial charge in [-0.1, -0.05) is 26.6 Å². The summed E-state index contributed by atoms with van der Waals surface area (Å²) in [7, 11) is -1.04. The van der Waals surface area contributed by atoms with Crippen molar-refractivity contribution in [2.75, 3.05) is 0 Å². The number of carbonyl (C=O) groups is 1. The van der Waals surface area contributed by atoms with Crippen LogP contribution in [0.25, 0.3) is 0 Å². The van der Waals surface area contributed by atoms with Crippen LogP contribution in [0.3, 0.4) is 0 Å². The van der Waals surface area contributed by atoms with E-state index >= 15 is 0 Å². The van der Waals surface area contributed by atoms with Gasteiger partial charge in [-0.15, -0.1) is 11.5 Å². The lowest BCUT2D eigenvalue weighted by atomic mass is 10.5. The third-order valence-electron chi connectivity index (χ3n) is 0.640. The summed E-state index contributed by atoms with van der Waals surface area (Å²) >= 11 is 0. The average molecular weight is 188 g/mol. The van der Waals surface area contributed by atoms with Crippen LogP contribution < -0.4 is 0 Å². The van der Waals surface area contributed by atoms with Gasteiger partial charge in [-0.2, -0.15) is 0 Å². The maximum atomic E-state index is 8.56. The highest BCUT2D eigenvalue weighted by atomic mass is 28.3. The van der Waals surface area contributed by atoms with E-state index in [0.717, 1.165) is 6.42 Å². The summed E-state index contributed by atoms with van der Waals surface area (Å²) in [6, 6.07) is 0. The first-order chi connectivity index (χ1) is 5.29. The van der Waals surface area contributed by atoms with Crippen LogP contribution >= 0.6 is 0 Å². The van der Waals surface area contributed by atoms with Crippen LogP contribution in [0.1, 0.15) is 13.3 Å². The van der Waals surface area contributed by atoms with Gasteiger partial charge in [0.15, 0.2) is 0 Å². The molecular weight excluding hydrogens is 172 g/mol. The monoisotopic (exact) mass is 188 g/mol. The van der Waals surface area contributed by atoms with Gasteiger partial charge in [0.25, 0.3) is 0 Å². The van der Waals surface area contributed by atoms with Crippen LogP contribution in [-0.2, 0) is 0 Å². The van der Waals surface area contributed by atoms with Crippen molar-refractivity contribution in [2.45, 2.75) is 33.0 Å². The van der Waals surface area contributed by atoms with E-state index in [1.165, 1.54) is 0 Å². The van der Waals surface area contributed by atoms with Gasteiger partial charge in [0.2, 0.25) is 0 Å². The van der Waals surface area contributed by atoms with Crippen LogP contribution in [0, 0.1) is 11.5 Å². The summed E-state index contributed by atoms with van der Waals surface area (Å²) in [5.41, 5.74) is 3.26. The molecule has 0 aliphatic carbocycles. The van der Waals surface area contributed by atoms with E-state index in [2.05, 4.69) is 38.0 Å². The standard InChI is InChI=1S/C7H14Si.CH2O3/c1-5-6-7-8(2,3)4;2-1(3)4/h5H2,1-4H3;(H2,2,3,4). The zero-order valence-electron chi connectivity index (χ0n) is 8.01. The quantitative estimate of drug-likeness (QED) is 0.453. The molecule has 0 unspecified atom stereocenters. The second kappa shape index (κ2) is 6.74. The van der Waals surface area contributed by atoms with E-state index in [-0.39, 0.29) is 0 Å². The molecule has 0 fully saturated rings. The molecule has 12 heavy (non-hydrogen) atoms. The summed E-state index contributed by atoms with van der Waals surface area (Å²) in [4.78, 5) is 8.56. The minimum Gasteiger partial charge on any atom is -0.450 e. The molecule has 70 valence electrons. The zero-order valence-corrected chi connectivity index (χ0v) is 9.01. The summed E-state index contributed by atoms with van der Waals surface area (Å²) in [5.74, 6) is 3.10. The molecule has 2 N–H and O–H groups in total. The molecule has 0 saturated heterocycles. The van der Waals surface area contributed by atoms with Gasteiger partial charge in [0.1, 0.15) is 8.07 Å². The Hall–Kier alpha value is -0.953. The lowest BCUT2D eigenvalue weighted by Gasteiger charge is -2.02. The van der Waals surface area contributed by atoms with E-state index in [1.54, 1.807) is 0 Å². The number of rotatable bonds is 0. The van der Waals surface area contributed by atoms with Crippen molar-refractivity contribution in [3.63, 3.8) is 0 Å². The first-order valence-corrected chi connectivity index (χ1v) is 7.21. The average Bonchev–Trinajstić information content (AvgIpc) is 1.80. The Balaban J connectivity index is 0. The Morgan fingerprint density at radius 2 is 1.67 bits per heavy atom. The minimum atomic E-state index is -1.83. The molecule has 0 rings (SSSR count). The smallest absolute Gasteiger partial charge is 0.450 e. The van der Waals surface area contributed by atoms with Crippen molar-refractivity contribution >= 4 is 14.2 Å². The Labute approximate surface area is 74.4 Å². The van der Waals surface area contributed by atoms with Crippen molar-refractivity contribution in [1.29, 1.82) is 0 Å².